The third-order valence-electron chi connectivity index (χ3n) is 5.92. The number of aliphatic imine (C=N–C) groups is 1. The van der Waals surface area contributed by atoms with Crippen molar-refractivity contribution in [1.29, 1.82) is 0 Å². The Hall–Kier alpha value is -3.00. The van der Waals surface area contributed by atoms with E-state index in [1.165, 1.54) is 0 Å². The molecule has 4 rings (SSSR count). The van der Waals surface area contributed by atoms with E-state index in [0.717, 1.165) is 49.5 Å². The molecule has 0 radical (unpaired) electrons. The third kappa shape index (κ3) is 5.07. The van der Waals surface area contributed by atoms with Gasteiger partial charge in [-0.1, -0.05) is 19.1 Å². The molecule has 0 unspecified atom stereocenters. The van der Waals surface area contributed by atoms with E-state index in [1.807, 2.05) is 31.2 Å². The summed E-state index contributed by atoms with van der Waals surface area (Å²) in [4.78, 5) is 36.9. The van der Waals surface area contributed by atoms with Gasteiger partial charge in [-0.15, -0.1) is 0 Å². The van der Waals surface area contributed by atoms with Crippen LogP contribution in [0.3, 0.4) is 0 Å². The van der Waals surface area contributed by atoms with E-state index in [1.54, 1.807) is 12.3 Å². The first-order valence-corrected chi connectivity index (χ1v) is 10.9. The highest BCUT2D eigenvalue weighted by molar-refractivity contribution is 6.41. The van der Waals surface area contributed by atoms with Crippen molar-refractivity contribution in [3.8, 4) is 0 Å². The Labute approximate surface area is 186 Å². The normalized spacial score (nSPS) is 16.8. The molecule has 8 heteroatoms. The van der Waals surface area contributed by atoms with E-state index >= 15 is 0 Å². The Morgan fingerprint density at radius 3 is 2.56 bits per heavy atom. The number of rotatable bonds is 7. The topological polar surface area (TPSA) is 65.9 Å². The second-order valence-electron chi connectivity index (χ2n) is 8.16. The lowest BCUT2D eigenvalue weighted by molar-refractivity contribution is -0.112. The van der Waals surface area contributed by atoms with Crippen LogP contribution in [0.1, 0.15) is 41.4 Å². The number of ketones is 2. The number of aromatic nitrogens is 1. The SMILES string of the molecule is CCC(=O)c1ccc(N2CCN(Cc3ccc4c(c3)CC(=O)C(CC(F)F)=N4)CC2)cn1. The molecule has 1 aromatic carbocycles. The van der Waals surface area contributed by atoms with E-state index < -0.39 is 12.8 Å². The zero-order valence-corrected chi connectivity index (χ0v) is 18.1. The fourth-order valence-electron chi connectivity index (χ4n) is 4.12. The van der Waals surface area contributed by atoms with Gasteiger partial charge in [-0.3, -0.25) is 19.5 Å². The molecule has 168 valence electrons. The average Bonchev–Trinajstić information content (AvgIpc) is 2.79. The zero-order chi connectivity index (χ0) is 22.7. The largest absolute Gasteiger partial charge is 0.368 e. The van der Waals surface area contributed by atoms with Crippen molar-refractivity contribution in [3.63, 3.8) is 0 Å². The molecule has 0 saturated carbocycles. The number of hydrogen-bond acceptors (Lipinski definition) is 6. The molecule has 0 amide bonds. The summed E-state index contributed by atoms with van der Waals surface area (Å²) >= 11 is 0. The van der Waals surface area contributed by atoms with Gasteiger partial charge < -0.3 is 4.90 Å². The van der Waals surface area contributed by atoms with Gasteiger partial charge in [0.1, 0.15) is 5.69 Å². The lowest BCUT2D eigenvalue weighted by Gasteiger charge is -2.36. The summed E-state index contributed by atoms with van der Waals surface area (Å²) < 4.78 is 25.3. The van der Waals surface area contributed by atoms with Gasteiger partial charge in [-0.05, 0) is 29.3 Å². The molecule has 3 heterocycles. The van der Waals surface area contributed by atoms with Gasteiger partial charge >= 0.3 is 0 Å². The van der Waals surface area contributed by atoms with Crippen molar-refractivity contribution < 1.29 is 18.4 Å². The van der Waals surface area contributed by atoms with Gasteiger partial charge in [0.2, 0.25) is 6.43 Å². The molecule has 1 saturated heterocycles. The van der Waals surface area contributed by atoms with Crippen LogP contribution >= 0.6 is 0 Å². The van der Waals surface area contributed by atoms with Gasteiger partial charge in [0.15, 0.2) is 11.6 Å². The van der Waals surface area contributed by atoms with Gasteiger partial charge in [-0.2, -0.15) is 0 Å². The maximum absolute atomic E-state index is 12.6. The average molecular weight is 440 g/mol. The van der Waals surface area contributed by atoms with Gasteiger partial charge in [0.05, 0.1) is 29.7 Å². The Morgan fingerprint density at radius 2 is 1.91 bits per heavy atom. The Balaban J connectivity index is 1.35. The van der Waals surface area contributed by atoms with Crippen LogP contribution in [0.4, 0.5) is 20.2 Å². The minimum absolute atomic E-state index is 0.0297. The summed E-state index contributed by atoms with van der Waals surface area (Å²) in [5.41, 5.74) is 4.00. The monoisotopic (exact) mass is 440 g/mol. The van der Waals surface area contributed by atoms with Crippen molar-refractivity contribution in [2.45, 2.75) is 39.2 Å². The highest BCUT2D eigenvalue weighted by Crippen LogP contribution is 2.28. The number of benzene rings is 1. The molecule has 0 spiro atoms. The third-order valence-corrected chi connectivity index (χ3v) is 5.92. The molecular weight excluding hydrogens is 414 g/mol. The van der Waals surface area contributed by atoms with E-state index in [2.05, 4.69) is 19.8 Å². The molecular formula is C24H26F2N4O2. The number of pyridine rings is 1. The Kier molecular flexibility index (Phi) is 6.69. The molecule has 2 aliphatic rings. The van der Waals surface area contributed by atoms with Crippen LogP contribution in [-0.4, -0.2) is 59.8 Å². The highest BCUT2D eigenvalue weighted by Gasteiger charge is 2.24. The number of nitrogens with zero attached hydrogens (tertiary/aromatic N) is 4. The smallest absolute Gasteiger partial charge is 0.244 e. The number of anilines is 1. The van der Waals surface area contributed by atoms with Crippen molar-refractivity contribution in [3.05, 3.63) is 53.3 Å². The van der Waals surface area contributed by atoms with Crippen LogP contribution in [0.2, 0.25) is 0 Å². The zero-order valence-electron chi connectivity index (χ0n) is 18.1. The molecule has 1 aromatic heterocycles. The second-order valence-corrected chi connectivity index (χ2v) is 8.16. The van der Waals surface area contributed by atoms with Crippen LogP contribution in [0, 0.1) is 0 Å². The van der Waals surface area contributed by atoms with Gasteiger partial charge in [0, 0.05) is 45.6 Å². The summed E-state index contributed by atoms with van der Waals surface area (Å²) in [5.74, 6) is -0.270. The summed E-state index contributed by atoms with van der Waals surface area (Å²) in [6.45, 7) is 6.05. The fraction of sp³-hybridized carbons (Fsp3) is 0.417. The van der Waals surface area contributed by atoms with Crippen molar-refractivity contribution in [1.82, 2.24) is 9.88 Å². The summed E-state index contributed by atoms with van der Waals surface area (Å²) in [6, 6.07) is 9.49. The van der Waals surface area contributed by atoms with Crippen LogP contribution in [0.25, 0.3) is 0 Å². The molecule has 2 aliphatic heterocycles. The second kappa shape index (κ2) is 9.65. The Morgan fingerprint density at radius 1 is 1.12 bits per heavy atom. The number of hydrogen-bond donors (Lipinski definition) is 0. The number of alkyl halides is 2. The first kappa shape index (κ1) is 22.2. The number of Topliss-reactive ketones (excluding diaryl/α,β-unsaturated/α-hetero) is 2. The summed E-state index contributed by atoms with van der Waals surface area (Å²) in [6.07, 6.45) is -0.805. The van der Waals surface area contributed by atoms with Crippen LogP contribution in [0.15, 0.2) is 41.5 Å². The first-order chi connectivity index (χ1) is 15.4. The van der Waals surface area contributed by atoms with Crippen molar-refractivity contribution in [2.75, 3.05) is 31.1 Å². The minimum atomic E-state index is -2.57. The maximum Gasteiger partial charge on any atom is 0.244 e. The quantitative estimate of drug-likeness (QED) is 0.612. The molecule has 2 aromatic rings. The standard InChI is InChI=1S/C24H26F2N4O2/c1-2-22(31)20-6-4-18(14-27-20)30-9-7-29(8-10-30)15-16-3-5-19-17(11-16)12-23(32)21(28-19)13-24(25)26/h3-6,11,14,24H,2,7-10,12-13,15H2,1H3. The summed E-state index contributed by atoms with van der Waals surface area (Å²) in [5, 5.41) is 0. The first-order valence-electron chi connectivity index (χ1n) is 10.9. The molecule has 0 bridgehead atoms. The van der Waals surface area contributed by atoms with Crippen LogP contribution in [0.5, 0.6) is 0 Å². The number of carbonyl (C=O) groups is 2. The van der Waals surface area contributed by atoms with Crippen LogP contribution < -0.4 is 4.90 Å². The predicted molar refractivity (Wildman–Crippen MR) is 119 cm³/mol. The molecule has 0 atom stereocenters. The van der Waals surface area contributed by atoms with E-state index in [0.29, 0.717) is 17.8 Å². The van der Waals surface area contributed by atoms with E-state index in [-0.39, 0.29) is 23.7 Å². The Bertz CT molecular complexity index is 1030. The number of fused-ring (bicyclic) bond motifs is 1. The lowest BCUT2D eigenvalue weighted by atomic mass is 9.97. The fourth-order valence-corrected chi connectivity index (χ4v) is 4.12. The van der Waals surface area contributed by atoms with Crippen LogP contribution in [-0.2, 0) is 17.8 Å². The minimum Gasteiger partial charge on any atom is -0.368 e. The lowest BCUT2D eigenvalue weighted by Crippen LogP contribution is -2.46. The van der Waals surface area contributed by atoms with Gasteiger partial charge in [0.25, 0.3) is 0 Å². The molecule has 0 N–H and O–H groups in total. The number of halogens is 2. The number of piperazine rings is 1. The molecule has 1 fully saturated rings. The highest BCUT2D eigenvalue weighted by atomic mass is 19.3. The molecule has 6 nitrogen and oxygen atoms in total. The molecule has 32 heavy (non-hydrogen) atoms. The van der Waals surface area contributed by atoms with E-state index in [9.17, 15) is 18.4 Å². The van der Waals surface area contributed by atoms with Crippen molar-refractivity contribution in [2.24, 2.45) is 4.99 Å². The van der Waals surface area contributed by atoms with E-state index in [4.69, 9.17) is 0 Å². The maximum atomic E-state index is 12.6. The van der Waals surface area contributed by atoms with Gasteiger partial charge in [-0.25, -0.2) is 13.8 Å². The summed E-state index contributed by atoms with van der Waals surface area (Å²) in [7, 11) is 0. The number of carbonyl (C=O) groups excluding carboxylic acids is 2. The predicted octanol–water partition coefficient (Wildman–Crippen LogP) is 3.85. The molecule has 0 aliphatic carbocycles. The van der Waals surface area contributed by atoms with Crippen molar-refractivity contribution >= 4 is 28.7 Å².